The minimum absolute atomic E-state index is 0.0994. The first kappa shape index (κ1) is 14.7. The Morgan fingerprint density at radius 1 is 1.33 bits per heavy atom. The first-order valence-corrected chi connectivity index (χ1v) is 6.23. The number of ether oxygens (including phenoxy) is 1. The van der Waals surface area contributed by atoms with Crippen LogP contribution in [0.15, 0.2) is 12.1 Å². The molecule has 0 saturated heterocycles. The Hall–Kier alpha value is -1.35. The van der Waals surface area contributed by atoms with Crippen molar-refractivity contribution in [2.75, 3.05) is 13.7 Å². The van der Waals surface area contributed by atoms with Gasteiger partial charge in [0.05, 0.1) is 12.7 Å². The number of methoxy groups -OCH3 is 1. The topological polar surface area (TPSA) is 52.3 Å². The van der Waals surface area contributed by atoms with E-state index in [0.29, 0.717) is 24.3 Å². The van der Waals surface area contributed by atoms with E-state index in [9.17, 15) is 4.79 Å². The summed E-state index contributed by atoms with van der Waals surface area (Å²) in [6, 6.07) is 3.91. The third-order valence-electron chi connectivity index (χ3n) is 3.27. The van der Waals surface area contributed by atoms with Gasteiger partial charge in [-0.25, -0.2) is 0 Å². The van der Waals surface area contributed by atoms with Crippen molar-refractivity contribution in [1.82, 2.24) is 0 Å². The summed E-state index contributed by atoms with van der Waals surface area (Å²) < 4.78 is 5.35. The highest BCUT2D eigenvalue weighted by atomic mass is 16.5. The number of rotatable bonds is 5. The van der Waals surface area contributed by atoms with Crippen LogP contribution in [0.25, 0.3) is 0 Å². The lowest BCUT2D eigenvalue weighted by Gasteiger charge is -2.24. The van der Waals surface area contributed by atoms with Crippen LogP contribution in [0.5, 0.6) is 5.75 Å². The van der Waals surface area contributed by atoms with Gasteiger partial charge in [0.25, 0.3) is 0 Å². The number of benzene rings is 1. The molecule has 0 saturated carbocycles. The quantitative estimate of drug-likeness (QED) is 0.816. The van der Waals surface area contributed by atoms with E-state index in [1.165, 1.54) is 0 Å². The average molecular weight is 249 g/mol. The Labute approximate surface area is 109 Å². The van der Waals surface area contributed by atoms with Crippen LogP contribution < -0.4 is 10.5 Å². The molecule has 0 bridgehead atoms. The predicted octanol–water partition coefficient (Wildman–Crippen LogP) is 2.87. The molecule has 0 radical (unpaired) electrons. The van der Waals surface area contributed by atoms with Gasteiger partial charge in [0.2, 0.25) is 0 Å². The van der Waals surface area contributed by atoms with Crippen LogP contribution in [0, 0.1) is 19.3 Å². The summed E-state index contributed by atoms with van der Waals surface area (Å²) in [7, 11) is 1.60. The maximum atomic E-state index is 12.6. The zero-order chi connectivity index (χ0) is 13.9. The number of nitrogens with two attached hydrogens (primary N) is 1. The predicted molar refractivity (Wildman–Crippen MR) is 74.3 cm³/mol. The molecule has 0 fully saturated rings. The summed E-state index contributed by atoms with van der Waals surface area (Å²) in [6.07, 6.45) is 0.669. The largest absolute Gasteiger partial charge is 0.496 e. The Balaban J connectivity index is 3.28. The van der Waals surface area contributed by atoms with Gasteiger partial charge in [-0.3, -0.25) is 4.79 Å². The van der Waals surface area contributed by atoms with Gasteiger partial charge in [-0.2, -0.15) is 0 Å². The zero-order valence-electron chi connectivity index (χ0n) is 12.0. The lowest BCUT2D eigenvalue weighted by Crippen LogP contribution is -2.28. The monoisotopic (exact) mass is 249 g/mol. The van der Waals surface area contributed by atoms with Gasteiger partial charge in [0.15, 0.2) is 5.78 Å². The summed E-state index contributed by atoms with van der Waals surface area (Å²) in [5.74, 6) is 0.755. The molecule has 0 aliphatic rings. The molecular weight excluding hydrogens is 226 g/mol. The minimum atomic E-state index is -0.456. The SMILES string of the molecule is COc1cc(C)cc(C)c1C(=O)C(C)(C)CCN. The molecule has 1 rings (SSSR count). The lowest BCUT2D eigenvalue weighted by atomic mass is 9.79. The van der Waals surface area contributed by atoms with E-state index in [1.54, 1.807) is 7.11 Å². The highest BCUT2D eigenvalue weighted by Crippen LogP contribution is 2.33. The smallest absolute Gasteiger partial charge is 0.172 e. The van der Waals surface area contributed by atoms with E-state index in [1.807, 2.05) is 39.8 Å². The maximum Gasteiger partial charge on any atom is 0.172 e. The first-order valence-electron chi connectivity index (χ1n) is 6.23. The van der Waals surface area contributed by atoms with Gasteiger partial charge in [-0.1, -0.05) is 19.9 Å². The molecule has 0 amide bonds. The Morgan fingerprint density at radius 2 is 1.94 bits per heavy atom. The molecular formula is C15H23NO2. The van der Waals surface area contributed by atoms with Crippen LogP contribution in [-0.4, -0.2) is 19.4 Å². The van der Waals surface area contributed by atoms with Gasteiger partial charge in [0, 0.05) is 5.41 Å². The summed E-state index contributed by atoms with van der Waals surface area (Å²) in [5, 5.41) is 0. The van der Waals surface area contributed by atoms with E-state index < -0.39 is 5.41 Å². The highest BCUT2D eigenvalue weighted by molar-refractivity contribution is 6.03. The molecule has 0 aromatic heterocycles. The molecule has 0 spiro atoms. The molecule has 18 heavy (non-hydrogen) atoms. The van der Waals surface area contributed by atoms with Crippen molar-refractivity contribution in [3.05, 3.63) is 28.8 Å². The van der Waals surface area contributed by atoms with Crippen LogP contribution in [0.3, 0.4) is 0 Å². The van der Waals surface area contributed by atoms with Gasteiger partial charge in [-0.15, -0.1) is 0 Å². The van der Waals surface area contributed by atoms with Gasteiger partial charge >= 0.3 is 0 Å². The molecule has 3 heteroatoms. The standard InChI is InChI=1S/C15H23NO2/c1-10-8-11(2)13(12(9-10)18-5)14(17)15(3,4)6-7-16/h8-9H,6-7,16H2,1-5H3. The summed E-state index contributed by atoms with van der Waals surface area (Å²) in [4.78, 5) is 12.6. The number of hydrogen-bond acceptors (Lipinski definition) is 3. The van der Waals surface area contributed by atoms with Crippen LogP contribution in [0.1, 0.15) is 41.8 Å². The van der Waals surface area contributed by atoms with E-state index in [2.05, 4.69) is 0 Å². The van der Waals surface area contributed by atoms with Crippen molar-refractivity contribution in [2.24, 2.45) is 11.1 Å². The minimum Gasteiger partial charge on any atom is -0.496 e. The fourth-order valence-electron chi connectivity index (χ4n) is 2.19. The van der Waals surface area contributed by atoms with Gasteiger partial charge < -0.3 is 10.5 Å². The molecule has 0 atom stereocenters. The van der Waals surface area contributed by atoms with E-state index in [-0.39, 0.29) is 5.78 Å². The fourth-order valence-corrected chi connectivity index (χ4v) is 2.19. The molecule has 1 aromatic rings. The third-order valence-corrected chi connectivity index (χ3v) is 3.27. The Kier molecular flexibility index (Phi) is 4.52. The summed E-state index contributed by atoms with van der Waals surface area (Å²) >= 11 is 0. The third kappa shape index (κ3) is 2.91. The second kappa shape index (κ2) is 5.53. The molecule has 3 nitrogen and oxygen atoms in total. The van der Waals surface area contributed by atoms with Crippen LogP contribution in [-0.2, 0) is 0 Å². The number of Topliss-reactive ketones (excluding diaryl/α,β-unsaturated/α-hetero) is 1. The van der Waals surface area contributed by atoms with Crippen molar-refractivity contribution in [2.45, 2.75) is 34.1 Å². The van der Waals surface area contributed by atoms with Gasteiger partial charge in [0.1, 0.15) is 5.75 Å². The van der Waals surface area contributed by atoms with Crippen molar-refractivity contribution >= 4 is 5.78 Å². The lowest BCUT2D eigenvalue weighted by molar-refractivity contribution is 0.0825. The normalized spacial score (nSPS) is 11.4. The number of aryl methyl sites for hydroxylation is 2. The number of carbonyl (C=O) groups excluding carboxylic acids is 1. The first-order chi connectivity index (χ1) is 8.33. The van der Waals surface area contributed by atoms with Crippen molar-refractivity contribution < 1.29 is 9.53 Å². The van der Waals surface area contributed by atoms with E-state index >= 15 is 0 Å². The molecule has 1 aromatic carbocycles. The molecule has 100 valence electrons. The zero-order valence-corrected chi connectivity index (χ0v) is 12.0. The number of ketones is 1. The Bertz CT molecular complexity index is 450. The van der Waals surface area contributed by atoms with Crippen molar-refractivity contribution in [3.63, 3.8) is 0 Å². The summed E-state index contributed by atoms with van der Waals surface area (Å²) in [5.41, 5.74) is 7.86. The van der Waals surface area contributed by atoms with E-state index in [0.717, 1.165) is 11.1 Å². The molecule has 0 aliphatic carbocycles. The second-order valence-corrected chi connectivity index (χ2v) is 5.41. The Morgan fingerprint density at radius 3 is 2.44 bits per heavy atom. The second-order valence-electron chi connectivity index (χ2n) is 5.41. The van der Waals surface area contributed by atoms with Crippen LogP contribution >= 0.6 is 0 Å². The maximum absolute atomic E-state index is 12.6. The van der Waals surface area contributed by atoms with Gasteiger partial charge in [-0.05, 0) is 44.0 Å². The highest BCUT2D eigenvalue weighted by Gasteiger charge is 2.31. The molecule has 0 heterocycles. The van der Waals surface area contributed by atoms with Crippen molar-refractivity contribution in [3.8, 4) is 5.75 Å². The molecule has 0 aliphatic heterocycles. The van der Waals surface area contributed by atoms with Crippen LogP contribution in [0.4, 0.5) is 0 Å². The van der Waals surface area contributed by atoms with Crippen molar-refractivity contribution in [1.29, 1.82) is 0 Å². The number of hydrogen-bond donors (Lipinski definition) is 1. The summed E-state index contributed by atoms with van der Waals surface area (Å²) in [6.45, 7) is 8.31. The van der Waals surface area contributed by atoms with Crippen LogP contribution in [0.2, 0.25) is 0 Å². The average Bonchev–Trinajstić information content (AvgIpc) is 2.27. The number of carbonyl (C=O) groups is 1. The fraction of sp³-hybridized carbons (Fsp3) is 0.533. The van der Waals surface area contributed by atoms with E-state index in [4.69, 9.17) is 10.5 Å². The molecule has 2 N–H and O–H groups in total. The molecule has 0 unspecified atom stereocenters.